The molecule has 0 N–H and O–H groups in total. The van der Waals surface area contributed by atoms with Crippen LogP contribution in [0.4, 0.5) is 0 Å². The van der Waals surface area contributed by atoms with Crippen LogP contribution >= 0.6 is 0 Å². The van der Waals surface area contributed by atoms with E-state index in [2.05, 4.69) is 179 Å². The molecule has 0 aliphatic heterocycles. The quantitative estimate of drug-likeness (QED) is 0.123. The molecule has 2 heteroatoms. The molecule has 0 atom stereocenters. The van der Waals surface area contributed by atoms with Gasteiger partial charge in [-0.1, -0.05) is 122 Å². The first-order chi connectivity index (χ1) is 27.7. The molecule has 0 heterocycles. The monoisotopic (exact) mass is 798 g/mol. The Morgan fingerprint density at radius 1 is 0.397 bits per heavy atom. The minimum absolute atomic E-state index is 0. The van der Waals surface area contributed by atoms with Crippen LogP contribution in [0.5, 0.6) is 0 Å². The van der Waals surface area contributed by atoms with Crippen LogP contribution in [0, 0.1) is 27.0 Å². The van der Waals surface area contributed by atoms with E-state index in [4.69, 9.17) is 0 Å². The predicted molar refractivity (Wildman–Crippen MR) is 253 cm³/mol. The van der Waals surface area contributed by atoms with Crippen molar-refractivity contribution in [1.82, 2.24) is 0 Å². The van der Waals surface area contributed by atoms with E-state index in [0.29, 0.717) is 0 Å². The van der Waals surface area contributed by atoms with Gasteiger partial charge in [-0.2, -0.15) is 84.9 Å². The fourth-order valence-electron chi connectivity index (χ4n) is 7.08. The van der Waals surface area contributed by atoms with Crippen LogP contribution in [0.15, 0.2) is 206 Å². The van der Waals surface area contributed by atoms with E-state index in [0.717, 1.165) is 12.8 Å². The summed E-state index contributed by atoms with van der Waals surface area (Å²) in [4.78, 5) is 0. The van der Waals surface area contributed by atoms with Crippen LogP contribution in [0.2, 0.25) is 0 Å². The SMILES string of the molecule is CCc1cc2c(-c3cccc4ccccc34)cccc2[cH-]1.CCc1cc2c(-c3cccc4ccccc34)cccc2[cH-]1.[CH3-].[CH3-].[Si]=[Ti].[c-]1ccccc1.[c-]1ccccc1. The second-order valence-electron chi connectivity index (χ2n) is 13.3. The fourth-order valence-corrected chi connectivity index (χ4v) is 7.08. The first-order valence-corrected chi connectivity index (χ1v) is 22.0. The molecule has 0 aromatic heterocycles. The smallest absolute Gasteiger partial charge is 0.171 e. The molecule has 0 spiro atoms. The van der Waals surface area contributed by atoms with Gasteiger partial charge in [0.2, 0.25) is 0 Å². The van der Waals surface area contributed by atoms with E-state index in [9.17, 15) is 0 Å². The number of fused-ring (bicyclic) bond motifs is 4. The van der Waals surface area contributed by atoms with E-state index in [1.165, 1.54) is 76.5 Å². The van der Waals surface area contributed by atoms with Gasteiger partial charge in [0.05, 0.1) is 0 Å². The first kappa shape index (κ1) is 45.1. The fraction of sp³-hybridized carbons (Fsp3) is 0.0714. The van der Waals surface area contributed by atoms with Gasteiger partial charge in [-0.15, -0.1) is 69.1 Å². The van der Waals surface area contributed by atoms with Gasteiger partial charge in [0.1, 0.15) is 0 Å². The van der Waals surface area contributed by atoms with Gasteiger partial charge in [-0.3, -0.25) is 0 Å². The predicted octanol–water partition coefficient (Wildman–Crippen LogP) is 15.4. The van der Waals surface area contributed by atoms with Crippen molar-refractivity contribution in [3.63, 3.8) is 0 Å². The molecule has 10 aromatic carbocycles. The van der Waals surface area contributed by atoms with Crippen LogP contribution in [0.3, 0.4) is 0 Å². The van der Waals surface area contributed by atoms with Crippen molar-refractivity contribution in [2.24, 2.45) is 0 Å². The summed E-state index contributed by atoms with van der Waals surface area (Å²) in [7, 11) is 2.97. The molecule has 0 amide bonds. The zero-order valence-corrected chi connectivity index (χ0v) is 36.6. The van der Waals surface area contributed by atoms with Crippen molar-refractivity contribution < 1.29 is 19.2 Å². The van der Waals surface area contributed by atoms with Gasteiger partial charge in [-0.05, 0) is 45.5 Å². The van der Waals surface area contributed by atoms with Crippen LogP contribution in [0.25, 0.3) is 65.3 Å². The summed E-state index contributed by atoms with van der Waals surface area (Å²) in [6, 6.07) is 77.9. The number of hydrogen-bond donors (Lipinski definition) is 0. The van der Waals surface area contributed by atoms with Gasteiger partial charge in [0, 0.05) is 0 Å². The van der Waals surface area contributed by atoms with Gasteiger partial charge < -0.3 is 14.9 Å². The molecule has 0 bridgehead atoms. The standard InChI is InChI=1S/2C21H17.2C6H5.2CH3.Si.Ti/c2*1-2-15-13-17-9-6-12-20(21(17)14-15)19-11-5-8-16-7-3-4-10-18(16)19;2*1-2-4-6-5-3-1;;;;/h2*3-14H,2H2,1H3;2*1-5H;2*1H3;;/q6*-1;;. The van der Waals surface area contributed by atoms with Crippen molar-refractivity contribution in [2.45, 2.75) is 26.7 Å². The topological polar surface area (TPSA) is 0 Å². The zero-order chi connectivity index (χ0) is 39.0. The summed E-state index contributed by atoms with van der Waals surface area (Å²) in [5.41, 5.74) is 8.15. The zero-order valence-electron chi connectivity index (χ0n) is 34.0. The molecule has 0 unspecified atom stereocenters. The minimum atomic E-state index is 0. The van der Waals surface area contributed by atoms with Crippen molar-refractivity contribution in [1.29, 1.82) is 0 Å². The average molecular weight is 799 g/mol. The normalized spacial score (nSPS) is 9.88. The van der Waals surface area contributed by atoms with Gasteiger partial charge in [-0.25, -0.2) is 0 Å². The van der Waals surface area contributed by atoms with Crippen molar-refractivity contribution in [2.75, 3.05) is 0 Å². The Balaban J connectivity index is 0.000000189. The molecule has 0 saturated heterocycles. The third kappa shape index (κ3) is 11.3. The third-order valence-corrected chi connectivity index (χ3v) is 9.81. The summed E-state index contributed by atoms with van der Waals surface area (Å²) >= 11 is 1.81. The van der Waals surface area contributed by atoms with E-state index >= 15 is 0 Å². The van der Waals surface area contributed by atoms with Gasteiger partial charge in [0.15, 0.2) is 0 Å². The summed E-state index contributed by atoms with van der Waals surface area (Å²) in [5, 5.41) is 10.7. The summed E-state index contributed by atoms with van der Waals surface area (Å²) in [6.07, 6.45) is 2.17. The molecule has 288 valence electrons. The van der Waals surface area contributed by atoms with E-state index in [1.807, 2.05) is 60.7 Å². The molecule has 10 rings (SSSR count). The maximum absolute atomic E-state index is 2.97. The Labute approximate surface area is 361 Å². The van der Waals surface area contributed by atoms with Crippen LogP contribution < -0.4 is 0 Å². The molecule has 0 aliphatic rings. The minimum Gasteiger partial charge on any atom is -0.184 e. The first-order valence-electron chi connectivity index (χ1n) is 19.1. The van der Waals surface area contributed by atoms with Gasteiger partial charge >= 0.3 is 26.8 Å². The van der Waals surface area contributed by atoms with E-state index < -0.39 is 0 Å². The van der Waals surface area contributed by atoms with E-state index in [-0.39, 0.29) is 14.9 Å². The maximum Gasteiger partial charge on any atom is -0.171 e. The van der Waals surface area contributed by atoms with Crippen molar-refractivity contribution in [3.8, 4) is 22.3 Å². The number of hydrogen-bond acceptors (Lipinski definition) is 0. The largest absolute Gasteiger partial charge is 0.184 e. The number of benzene rings is 8. The molecule has 2 radical (unpaired) electrons. The molecule has 58 heavy (non-hydrogen) atoms. The van der Waals surface area contributed by atoms with Crippen LogP contribution in [0.1, 0.15) is 25.0 Å². The van der Waals surface area contributed by atoms with Crippen LogP contribution in [-0.4, -0.2) is 7.63 Å². The Morgan fingerprint density at radius 2 is 0.724 bits per heavy atom. The second kappa shape index (κ2) is 23.6. The molecule has 0 aliphatic carbocycles. The third-order valence-electron chi connectivity index (χ3n) is 9.81. The van der Waals surface area contributed by atoms with E-state index in [1.54, 1.807) is 19.2 Å². The molecular weight excluding hydrogens is 749 g/mol. The average Bonchev–Trinajstić information content (AvgIpc) is 3.93. The number of rotatable bonds is 4. The second-order valence-corrected chi connectivity index (χ2v) is 13.3. The van der Waals surface area contributed by atoms with Crippen LogP contribution in [-0.2, 0) is 32.0 Å². The Kier molecular flexibility index (Phi) is 18.4. The van der Waals surface area contributed by atoms with Crippen molar-refractivity contribution >= 4 is 50.7 Å². The Bertz CT molecular complexity index is 2450. The van der Waals surface area contributed by atoms with Crippen molar-refractivity contribution in [3.05, 3.63) is 244 Å². The molecular formula is C56H50SiTi-6. The molecule has 10 aromatic rings. The Morgan fingerprint density at radius 3 is 1.05 bits per heavy atom. The summed E-state index contributed by atoms with van der Waals surface area (Å²) < 4.78 is 0. The molecule has 0 fully saturated rings. The molecule has 0 nitrogen and oxygen atoms in total. The summed E-state index contributed by atoms with van der Waals surface area (Å²) in [6.45, 7) is 4.43. The molecule has 0 saturated carbocycles. The summed E-state index contributed by atoms with van der Waals surface area (Å²) in [5.74, 6) is 0. The number of aryl methyl sites for hydroxylation is 2. The maximum atomic E-state index is 2.97. The Hall–Kier alpha value is -5.57. The van der Waals surface area contributed by atoms with Gasteiger partial charge in [0.25, 0.3) is 0 Å².